The largest absolute Gasteiger partial charge is 0.497 e. The summed E-state index contributed by atoms with van der Waals surface area (Å²) in [7, 11) is 1.69. The summed E-state index contributed by atoms with van der Waals surface area (Å²) in [4.78, 5) is 7.16. The highest BCUT2D eigenvalue weighted by molar-refractivity contribution is 6.06. The van der Waals surface area contributed by atoms with Crippen molar-refractivity contribution in [1.82, 2.24) is 0 Å². The Morgan fingerprint density at radius 3 is 2.12 bits per heavy atom. The molecule has 0 aromatic heterocycles. The van der Waals surface area contributed by atoms with Gasteiger partial charge in [0, 0.05) is 12.1 Å². The number of benzene rings is 3. The molecule has 3 heteroatoms. The summed E-state index contributed by atoms with van der Waals surface area (Å²) in [5.41, 5.74) is 3.43. The second-order valence-corrected chi connectivity index (χ2v) is 6.06. The van der Waals surface area contributed by atoms with Crippen molar-refractivity contribution in [1.29, 1.82) is 0 Å². The Balaban J connectivity index is 1.69. The summed E-state index contributed by atoms with van der Waals surface area (Å²) in [5, 5.41) is 0. The summed E-state index contributed by atoms with van der Waals surface area (Å²) in [6.45, 7) is 0. The molecule has 1 saturated heterocycles. The van der Waals surface area contributed by atoms with Gasteiger partial charge in [0.05, 0.1) is 18.8 Å². The normalized spacial score (nSPS) is 18.0. The second-order valence-electron chi connectivity index (χ2n) is 6.06. The van der Waals surface area contributed by atoms with Gasteiger partial charge in [-0.25, -0.2) is 4.99 Å². The molecule has 0 bridgehead atoms. The summed E-state index contributed by atoms with van der Waals surface area (Å²) in [6.07, 6.45) is 0.935. The van der Waals surface area contributed by atoms with Crippen molar-refractivity contribution in [3.63, 3.8) is 0 Å². The predicted octanol–water partition coefficient (Wildman–Crippen LogP) is 5.38. The highest BCUT2D eigenvalue weighted by Crippen LogP contribution is 2.40. The monoisotopic (exact) mass is 328 g/mol. The molecule has 0 N–H and O–H groups in total. The van der Waals surface area contributed by atoms with Crippen LogP contribution >= 0.6 is 0 Å². The van der Waals surface area contributed by atoms with Crippen LogP contribution in [0.5, 0.6) is 5.75 Å². The number of aliphatic imine (C=N–C) groups is 1. The van der Waals surface area contributed by atoms with Gasteiger partial charge in [0.2, 0.25) is 0 Å². The number of amidine groups is 1. The van der Waals surface area contributed by atoms with Crippen LogP contribution in [-0.4, -0.2) is 12.9 Å². The van der Waals surface area contributed by atoms with Gasteiger partial charge in [0.25, 0.3) is 0 Å². The SMILES string of the molecule is COc1ccc(N2/C(=N/c3ccccc3)CC2c2ccccc2)cc1. The molecule has 1 atom stereocenters. The molecule has 3 aromatic rings. The average Bonchev–Trinajstić information content (AvgIpc) is 2.67. The van der Waals surface area contributed by atoms with Gasteiger partial charge in [-0.2, -0.15) is 0 Å². The number of para-hydroxylation sites is 1. The van der Waals surface area contributed by atoms with E-state index in [0.29, 0.717) is 6.04 Å². The van der Waals surface area contributed by atoms with Gasteiger partial charge in [0.15, 0.2) is 0 Å². The van der Waals surface area contributed by atoms with Crippen LogP contribution in [0.1, 0.15) is 18.0 Å². The highest BCUT2D eigenvalue weighted by Gasteiger charge is 2.36. The van der Waals surface area contributed by atoms with E-state index in [2.05, 4.69) is 47.4 Å². The van der Waals surface area contributed by atoms with Gasteiger partial charge < -0.3 is 9.64 Å². The third-order valence-corrected chi connectivity index (χ3v) is 4.51. The van der Waals surface area contributed by atoms with Crippen molar-refractivity contribution in [2.45, 2.75) is 12.5 Å². The molecule has 25 heavy (non-hydrogen) atoms. The predicted molar refractivity (Wildman–Crippen MR) is 103 cm³/mol. The number of methoxy groups -OCH3 is 1. The number of hydrogen-bond acceptors (Lipinski definition) is 2. The molecule has 1 heterocycles. The van der Waals surface area contributed by atoms with Crippen LogP contribution in [0.2, 0.25) is 0 Å². The first-order valence-electron chi connectivity index (χ1n) is 8.46. The molecule has 1 aliphatic rings. The topological polar surface area (TPSA) is 24.8 Å². The van der Waals surface area contributed by atoms with Crippen molar-refractivity contribution in [3.8, 4) is 5.75 Å². The summed E-state index contributed by atoms with van der Waals surface area (Å²) >= 11 is 0. The molecule has 1 fully saturated rings. The van der Waals surface area contributed by atoms with E-state index in [1.807, 2.05) is 42.5 Å². The summed E-state index contributed by atoms with van der Waals surface area (Å²) < 4.78 is 5.29. The average molecular weight is 328 g/mol. The zero-order valence-electron chi connectivity index (χ0n) is 14.2. The summed E-state index contributed by atoms with van der Waals surface area (Å²) in [5.74, 6) is 1.95. The number of ether oxygens (including phenoxy) is 1. The smallest absolute Gasteiger partial charge is 0.119 e. The van der Waals surface area contributed by atoms with Gasteiger partial charge >= 0.3 is 0 Å². The highest BCUT2D eigenvalue weighted by atomic mass is 16.5. The van der Waals surface area contributed by atoms with Crippen LogP contribution in [0, 0.1) is 0 Å². The van der Waals surface area contributed by atoms with E-state index in [1.54, 1.807) is 7.11 Å². The van der Waals surface area contributed by atoms with Crippen LogP contribution in [0.3, 0.4) is 0 Å². The number of rotatable bonds is 4. The Hall–Kier alpha value is -3.07. The van der Waals surface area contributed by atoms with Crippen LogP contribution in [0.4, 0.5) is 11.4 Å². The van der Waals surface area contributed by atoms with Gasteiger partial charge in [-0.1, -0.05) is 48.5 Å². The maximum absolute atomic E-state index is 5.29. The van der Waals surface area contributed by atoms with Crippen LogP contribution < -0.4 is 9.64 Å². The maximum atomic E-state index is 5.29. The van der Waals surface area contributed by atoms with Crippen LogP contribution in [0.15, 0.2) is 89.9 Å². The standard InChI is InChI=1S/C22H20N2O/c1-25-20-14-12-19(13-15-20)24-21(17-8-4-2-5-9-17)16-22(24)23-18-10-6-3-7-11-18/h2-15,21H,16H2,1H3/b23-22+. The van der Waals surface area contributed by atoms with Crippen molar-refractivity contribution < 1.29 is 4.74 Å². The lowest BCUT2D eigenvalue weighted by molar-refractivity contribution is 0.415. The molecular weight excluding hydrogens is 308 g/mol. The summed E-state index contributed by atoms with van der Waals surface area (Å²) in [6, 6.07) is 29.2. The Kier molecular flexibility index (Phi) is 4.21. The molecule has 0 radical (unpaired) electrons. The first-order chi connectivity index (χ1) is 12.3. The minimum atomic E-state index is 0.317. The van der Waals surface area contributed by atoms with E-state index >= 15 is 0 Å². The first-order valence-corrected chi connectivity index (χ1v) is 8.46. The van der Waals surface area contributed by atoms with Crippen molar-refractivity contribution in [2.75, 3.05) is 12.0 Å². The number of nitrogens with zero attached hydrogens (tertiary/aromatic N) is 2. The lowest BCUT2D eigenvalue weighted by atomic mass is 9.92. The molecule has 3 aromatic carbocycles. The minimum Gasteiger partial charge on any atom is -0.497 e. The molecule has 0 spiro atoms. The van der Waals surface area contributed by atoms with Crippen molar-refractivity contribution in [3.05, 3.63) is 90.5 Å². The Morgan fingerprint density at radius 1 is 0.840 bits per heavy atom. The lowest BCUT2D eigenvalue weighted by Gasteiger charge is -2.44. The van der Waals surface area contributed by atoms with Crippen LogP contribution in [0.25, 0.3) is 0 Å². The van der Waals surface area contributed by atoms with E-state index in [9.17, 15) is 0 Å². The lowest BCUT2D eigenvalue weighted by Crippen LogP contribution is -2.46. The molecule has 4 rings (SSSR count). The molecule has 0 aliphatic carbocycles. The van der Waals surface area contributed by atoms with Gasteiger partial charge in [-0.15, -0.1) is 0 Å². The van der Waals surface area contributed by atoms with E-state index in [0.717, 1.165) is 29.4 Å². The van der Waals surface area contributed by atoms with Gasteiger partial charge in [-0.05, 0) is 42.0 Å². The number of hydrogen-bond donors (Lipinski definition) is 0. The van der Waals surface area contributed by atoms with Crippen LogP contribution in [-0.2, 0) is 0 Å². The van der Waals surface area contributed by atoms with Gasteiger partial charge in [0.1, 0.15) is 11.6 Å². The van der Waals surface area contributed by atoms with E-state index < -0.39 is 0 Å². The van der Waals surface area contributed by atoms with E-state index in [-0.39, 0.29) is 0 Å². The van der Waals surface area contributed by atoms with Gasteiger partial charge in [-0.3, -0.25) is 0 Å². The fourth-order valence-electron chi connectivity index (χ4n) is 3.19. The molecule has 0 amide bonds. The van der Waals surface area contributed by atoms with E-state index in [1.165, 1.54) is 5.56 Å². The Labute approximate surface area is 148 Å². The molecular formula is C22H20N2O. The molecule has 1 aliphatic heterocycles. The first kappa shape index (κ1) is 15.5. The number of anilines is 1. The van der Waals surface area contributed by atoms with Crippen molar-refractivity contribution in [2.24, 2.45) is 4.99 Å². The molecule has 0 saturated carbocycles. The Morgan fingerprint density at radius 2 is 1.48 bits per heavy atom. The fourth-order valence-corrected chi connectivity index (χ4v) is 3.19. The second kappa shape index (κ2) is 6.81. The molecule has 3 nitrogen and oxygen atoms in total. The third kappa shape index (κ3) is 3.13. The molecule has 1 unspecified atom stereocenters. The third-order valence-electron chi connectivity index (χ3n) is 4.51. The maximum Gasteiger partial charge on any atom is 0.119 e. The quantitative estimate of drug-likeness (QED) is 0.642. The minimum absolute atomic E-state index is 0.317. The zero-order valence-corrected chi connectivity index (χ0v) is 14.2. The fraction of sp³-hybridized carbons (Fsp3) is 0.136. The van der Waals surface area contributed by atoms with E-state index in [4.69, 9.17) is 9.73 Å². The Bertz CT molecular complexity index is 858. The molecule has 124 valence electrons. The van der Waals surface area contributed by atoms with Crippen molar-refractivity contribution >= 4 is 17.2 Å². The zero-order chi connectivity index (χ0) is 17.1.